The van der Waals surface area contributed by atoms with Gasteiger partial charge in [-0.25, -0.2) is 0 Å². The van der Waals surface area contributed by atoms with Gasteiger partial charge in [0.25, 0.3) is 11.8 Å². The monoisotopic (exact) mass is 333 g/mol. The number of nitrogens with two attached hydrogens (primary N) is 1. The van der Waals surface area contributed by atoms with Gasteiger partial charge in [-0.05, 0) is 23.8 Å². The first-order valence-corrected chi connectivity index (χ1v) is 7.00. The Bertz CT molecular complexity index is 664. The van der Waals surface area contributed by atoms with E-state index in [-0.39, 0.29) is 12.2 Å². The molecule has 1 aromatic carbocycles. The predicted molar refractivity (Wildman–Crippen MR) is 86.2 cm³/mol. The molecule has 2 amide bonds. The number of rotatable bonds is 9. The van der Waals surface area contributed by atoms with Gasteiger partial charge in [-0.3, -0.25) is 9.59 Å². The van der Waals surface area contributed by atoms with Crippen LogP contribution >= 0.6 is 0 Å². The van der Waals surface area contributed by atoms with Crippen LogP contribution in [-0.2, 0) is 14.3 Å². The number of hydrogen-bond acceptors (Lipinski definition) is 6. The number of carbonyl (C=O) groups excluding carboxylic acids is 2. The van der Waals surface area contributed by atoms with Gasteiger partial charge >= 0.3 is 0 Å². The van der Waals surface area contributed by atoms with E-state index in [0.717, 1.165) is 0 Å². The maximum absolute atomic E-state index is 11.9. The zero-order valence-corrected chi connectivity index (χ0v) is 13.5. The van der Waals surface area contributed by atoms with Gasteiger partial charge < -0.3 is 25.3 Å². The summed E-state index contributed by atoms with van der Waals surface area (Å²) in [4.78, 5) is 22.7. The Morgan fingerprint density at radius 1 is 1.33 bits per heavy atom. The predicted octanol–water partition coefficient (Wildman–Crippen LogP) is 0.229. The minimum Gasteiger partial charge on any atom is -0.493 e. The number of benzene rings is 1. The van der Waals surface area contributed by atoms with E-state index in [1.54, 1.807) is 18.2 Å². The summed E-state index contributed by atoms with van der Waals surface area (Å²) in [5, 5.41) is 11.7. The van der Waals surface area contributed by atoms with Crippen LogP contribution in [0.15, 0.2) is 23.8 Å². The minimum atomic E-state index is -0.611. The van der Waals surface area contributed by atoms with Crippen LogP contribution in [0.4, 0.5) is 0 Å². The molecule has 128 valence electrons. The molecule has 1 aromatic rings. The van der Waals surface area contributed by atoms with Crippen LogP contribution < -0.4 is 20.5 Å². The Balaban J connectivity index is 2.93. The van der Waals surface area contributed by atoms with Crippen LogP contribution in [0.25, 0.3) is 6.08 Å². The lowest BCUT2D eigenvalue weighted by Gasteiger charge is -2.10. The number of carbonyl (C=O) groups is 2. The third kappa shape index (κ3) is 5.98. The molecule has 0 spiro atoms. The van der Waals surface area contributed by atoms with Gasteiger partial charge in [0.05, 0.1) is 13.7 Å². The molecule has 0 aliphatic carbocycles. The van der Waals surface area contributed by atoms with E-state index in [4.69, 9.17) is 25.2 Å². The van der Waals surface area contributed by atoms with Gasteiger partial charge in [0.2, 0.25) is 0 Å². The summed E-state index contributed by atoms with van der Waals surface area (Å²) in [6.45, 7) is 0.374. The zero-order chi connectivity index (χ0) is 17.9. The maximum atomic E-state index is 11.9. The Labute approximate surface area is 139 Å². The van der Waals surface area contributed by atoms with E-state index in [2.05, 4.69) is 5.32 Å². The quantitative estimate of drug-likeness (QED) is 0.379. The fourth-order valence-electron chi connectivity index (χ4n) is 1.72. The number of methoxy groups -OCH3 is 2. The Hall–Kier alpha value is -3.05. The normalized spacial score (nSPS) is 10.6. The van der Waals surface area contributed by atoms with Gasteiger partial charge in [-0.2, -0.15) is 5.26 Å². The molecule has 0 unspecified atom stereocenters. The molecule has 1 rings (SSSR count). The van der Waals surface area contributed by atoms with Crippen molar-refractivity contribution in [2.45, 2.75) is 0 Å². The molecule has 0 bridgehead atoms. The maximum Gasteiger partial charge on any atom is 0.262 e. The van der Waals surface area contributed by atoms with Crippen LogP contribution in [0.1, 0.15) is 5.56 Å². The van der Waals surface area contributed by atoms with Crippen molar-refractivity contribution in [2.24, 2.45) is 5.73 Å². The van der Waals surface area contributed by atoms with E-state index < -0.39 is 11.8 Å². The second-order valence-electron chi connectivity index (χ2n) is 4.58. The molecular formula is C16H19N3O5. The van der Waals surface area contributed by atoms with E-state index >= 15 is 0 Å². The number of ether oxygens (including phenoxy) is 3. The van der Waals surface area contributed by atoms with Gasteiger partial charge in [0, 0.05) is 13.7 Å². The van der Waals surface area contributed by atoms with E-state index in [0.29, 0.717) is 30.2 Å². The number of nitrogens with zero attached hydrogens (tertiary/aromatic N) is 1. The van der Waals surface area contributed by atoms with E-state index in [1.165, 1.54) is 20.3 Å². The van der Waals surface area contributed by atoms with Crippen molar-refractivity contribution in [3.63, 3.8) is 0 Å². The minimum absolute atomic E-state index is 0.0565. The topological polar surface area (TPSA) is 124 Å². The fourth-order valence-corrected chi connectivity index (χ4v) is 1.72. The van der Waals surface area contributed by atoms with Crippen LogP contribution in [0.3, 0.4) is 0 Å². The molecule has 0 heterocycles. The second kappa shape index (κ2) is 9.86. The number of nitriles is 1. The van der Waals surface area contributed by atoms with Crippen LogP contribution in [0, 0.1) is 11.3 Å². The van der Waals surface area contributed by atoms with Gasteiger partial charge in [0.15, 0.2) is 18.1 Å². The molecule has 0 radical (unpaired) electrons. The van der Waals surface area contributed by atoms with Crippen molar-refractivity contribution in [3.8, 4) is 17.6 Å². The molecule has 0 atom stereocenters. The molecule has 0 aliphatic heterocycles. The highest BCUT2D eigenvalue weighted by Crippen LogP contribution is 2.28. The van der Waals surface area contributed by atoms with Crippen molar-refractivity contribution in [2.75, 3.05) is 34.0 Å². The molecule has 3 N–H and O–H groups in total. The van der Waals surface area contributed by atoms with Gasteiger partial charge in [-0.1, -0.05) is 6.07 Å². The standard InChI is InChI=1S/C16H19N3O5/c1-22-6-5-19-16(21)12(9-17)7-11-3-4-13(14(8-11)23-2)24-10-15(18)20/h3-4,7-8H,5-6,10H2,1-2H3,(H2,18,20)(H,19,21)/b12-7+. The summed E-state index contributed by atoms with van der Waals surface area (Å²) in [5.41, 5.74) is 5.54. The third-order valence-corrected chi connectivity index (χ3v) is 2.83. The summed E-state index contributed by atoms with van der Waals surface area (Å²) in [7, 11) is 2.95. The Morgan fingerprint density at radius 2 is 2.08 bits per heavy atom. The van der Waals surface area contributed by atoms with Gasteiger partial charge in [-0.15, -0.1) is 0 Å². The second-order valence-corrected chi connectivity index (χ2v) is 4.58. The molecule has 8 heteroatoms. The number of nitrogens with one attached hydrogen (secondary N) is 1. The lowest BCUT2D eigenvalue weighted by Crippen LogP contribution is -2.27. The lowest BCUT2D eigenvalue weighted by atomic mass is 10.1. The Kier molecular flexibility index (Phi) is 7.81. The summed E-state index contributed by atoms with van der Waals surface area (Å²) in [5.74, 6) is -0.429. The summed E-state index contributed by atoms with van der Waals surface area (Å²) in [6, 6.07) is 6.61. The number of hydrogen-bond donors (Lipinski definition) is 2. The molecular weight excluding hydrogens is 314 g/mol. The summed E-state index contributed by atoms with van der Waals surface area (Å²) < 4.78 is 15.2. The highest BCUT2D eigenvalue weighted by Gasteiger charge is 2.10. The van der Waals surface area contributed by atoms with Crippen LogP contribution in [0.2, 0.25) is 0 Å². The summed E-state index contributed by atoms with van der Waals surface area (Å²) >= 11 is 0. The zero-order valence-electron chi connectivity index (χ0n) is 13.5. The molecule has 8 nitrogen and oxygen atoms in total. The Morgan fingerprint density at radius 3 is 2.67 bits per heavy atom. The van der Waals surface area contributed by atoms with E-state index in [1.807, 2.05) is 6.07 Å². The smallest absolute Gasteiger partial charge is 0.262 e. The first kappa shape index (κ1) is 19.0. The molecule has 0 aliphatic rings. The molecule has 0 fully saturated rings. The van der Waals surface area contributed by atoms with Crippen LogP contribution in [0.5, 0.6) is 11.5 Å². The number of amides is 2. The van der Waals surface area contributed by atoms with Crippen molar-refractivity contribution in [3.05, 3.63) is 29.3 Å². The van der Waals surface area contributed by atoms with Crippen molar-refractivity contribution in [1.29, 1.82) is 5.26 Å². The fraction of sp³-hybridized carbons (Fsp3) is 0.312. The van der Waals surface area contributed by atoms with Crippen molar-refractivity contribution < 1.29 is 23.8 Å². The molecule has 24 heavy (non-hydrogen) atoms. The largest absolute Gasteiger partial charge is 0.493 e. The first-order chi connectivity index (χ1) is 11.5. The SMILES string of the molecule is COCCNC(=O)/C(C#N)=C/c1ccc(OCC(N)=O)c(OC)c1. The highest BCUT2D eigenvalue weighted by molar-refractivity contribution is 6.01. The molecule has 0 saturated carbocycles. The number of primary amides is 1. The summed E-state index contributed by atoms with van der Waals surface area (Å²) in [6.07, 6.45) is 1.42. The molecule has 0 aromatic heterocycles. The van der Waals surface area contributed by atoms with E-state index in [9.17, 15) is 9.59 Å². The third-order valence-electron chi connectivity index (χ3n) is 2.83. The lowest BCUT2D eigenvalue weighted by molar-refractivity contribution is -0.120. The molecule has 0 saturated heterocycles. The highest BCUT2D eigenvalue weighted by atomic mass is 16.5. The average Bonchev–Trinajstić information content (AvgIpc) is 2.58. The van der Waals surface area contributed by atoms with Crippen molar-refractivity contribution in [1.82, 2.24) is 5.32 Å². The van der Waals surface area contributed by atoms with Crippen LogP contribution in [-0.4, -0.2) is 45.8 Å². The van der Waals surface area contributed by atoms with Gasteiger partial charge in [0.1, 0.15) is 11.6 Å². The van der Waals surface area contributed by atoms with Crippen molar-refractivity contribution >= 4 is 17.9 Å². The average molecular weight is 333 g/mol. The first-order valence-electron chi connectivity index (χ1n) is 7.00.